The fraction of sp³-hybridized carbons (Fsp3) is 0.360. The number of aryl methyl sites for hydroxylation is 1. The smallest absolute Gasteiger partial charge is 0.243 e. The van der Waals surface area contributed by atoms with E-state index in [-0.39, 0.29) is 35.7 Å². The van der Waals surface area contributed by atoms with E-state index in [2.05, 4.69) is 0 Å². The van der Waals surface area contributed by atoms with Crippen LogP contribution in [0.2, 0.25) is 0 Å². The number of rotatable bonds is 4. The first kappa shape index (κ1) is 23.2. The minimum absolute atomic E-state index is 0.0778. The monoisotopic (exact) mass is 467 g/mol. The van der Waals surface area contributed by atoms with Crippen molar-refractivity contribution >= 4 is 27.9 Å². The van der Waals surface area contributed by atoms with E-state index in [1.54, 1.807) is 40.3 Å². The summed E-state index contributed by atoms with van der Waals surface area (Å²) in [6, 6.07) is 14.2. The summed E-state index contributed by atoms with van der Waals surface area (Å²) in [5.74, 6) is -0.198. The number of nitrogens with zero attached hydrogens (tertiary/aromatic N) is 3. The van der Waals surface area contributed by atoms with Crippen molar-refractivity contribution in [2.45, 2.75) is 37.6 Å². The Morgan fingerprint density at radius 3 is 2.42 bits per heavy atom. The standard InChI is InChI=1S/C25H29N3O4S/c1-19-8-10-22(11-9-19)33(31,32)27-14-5-13-26(16-17-27)25(30)18-24-23-7-4-3-6-21(23)12-15-28(24)20(2)29/h3-4,6-12,15,24H,5,13-14,16-18H2,1-2H3. The van der Waals surface area contributed by atoms with E-state index in [1.165, 1.54) is 11.2 Å². The summed E-state index contributed by atoms with van der Waals surface area (Å²) < 4.78 is 27.6. The van der Waals surface area contributed by atoms with Crippen LogP contribution in [0, 0.1) is 6.92 Å². The van der Waals surface area contributed by atoms with Gasteiger partial charge in [-0.05, 0) is 42.7 Å². The predicted molar refractivity (Wildman–Crippen MR) is 126 cm³/mol. The van der Waals surface area contributed by atoms with Crippen LogP contribution >= 0.6 is 0 Å². The van der Waals surface area contributed by atoms with Gasteiger partial charge in [-0.25, -0.2) is 8.42 Å². The molecule has 2 amide bonds. The van der Waals surface area contributed by atoms with Crippen molar-refractivity contribution in [1.82, 2.24) is 14.1 Å². The second kappa shape index (κ2) is 9.49. The molecule has 2 aliphatic rings. The molecule has 1 fully saturated rings. The number of benzene rings is 2. The molecule has 174 valence electrons. The molecule has 0 bridgehead atoms. The van der Waals surface area contributed by atoms with Crippen molar-refractivity contribution in [3.8, 4) is 0 Å². The summed E-state index contributed by atoms with van der Waals surface area (Å²) >= 11 is 0. The van der Waals surface area contributed by atoms with Crippen LogP contribution in [0.5, 0.6) is 0 Å². The summed E-state index contributed by atoms with van der Waals surface area (Å²) in [7, 11) is -3.61. The number of sulfonamides is 1. The maximum atomic E-state index is 13.3. The highest BCUT2D eigenvalue weighted by Crippen LogP contribution is 2.33. The summed E-state index contributed by atoms with van der Waals surface area (Å²) in [4.78, 5) is 29.1. The van der Waals surface area contributed by atoms with Gasteiger partial charge in [0.1, 0.15) is 0 Å². The van der Waals surface area contributed by atoms with Crippen LogP contribution in [0.15, 0.2) is 59.6 Å². The molecule has 0 aliphatic carbocycles. The zero-order chi connectivity index (χ0) is 23.6. The summed E-state index contributed by atoms with van der Waals surface area (Å²) in [6.07, 6.45) is 4.35. The van der Waals surface area contributed by atoms with E-state index in [9.17, 15) is 18.0 Å². The van der Waals surface area contributed by atoms with Crippen molar-refractivity contribution in [2.24, 2.45) is 0 Å². The molecular formula is C25H29N3O4S. The average Bonchev–Trinajstić information content (AvgIpc) is 3.06. The van der Waals surface area contributed by atoms with Crippen molar-refractivity contribution in [1.29, 1.82) is 0 Å². The molecule has 33 heavy (non-hydrogen) atoms. The minimum Gasteiger partial charge on any atom is -0.341 e. The molecule has 2 heterocycles. The maximum Gasteiger partial charge on any atom is 0.243 e. The zero-order valence-corrected chi connectivity index (χ0v) is 19.8. The van der Waals surface area contributed by atoms with Crippen LogP contribution in [-0.4, -0.2) is 60.5 Å². The Bertz CT molecular complexity index is 1170. The average molecular weight is 468 g/mol. The number of hydrogen-bond donors (Lipinski definition) is 0. The highest BCUT2D eigenvalue weighted by atomic mass is 32.2. The first-order valence-electron chi connectivity index (χ1n) is 11.2. The topological polar surface area (TPSA) is 78.0 Å². The van der Waals surface area contributed by atoms with Crippen LogP contribution in [0.4, 0.5) is 0 Å². The highest BCUT2D eigenvalue weighted by Gasteiger charge is 2.32. The lowest BCUT2D eigenvalue weighted by atomic mass is 9.93. The molecule has 0 saturated carbocycles. The van der Waals surface area contributed by atoms with Crippen LogP contribution in [0.25, 0.3) is 6.08 Å². The van der Waals surface area contributed by atoms with Gasteiger partial charge >= 0.3 is 0 Å². The first-order valence-corrected chi connectivity index (χ1v) is 12.6. The third-order valence-corrected chi connectivity index (χ3v) is 8.22. The molecule has 0 radical (unpaired) electrons. The molecule has 8 heteroatoms. The van der Waals surface area contributed by atoms with E-state index in [0.717, 1.165) is 16.7 Å². The van der Waals surface area contributed by atoms with Crippen molar-refractivity contribution in [2.75, 3.05) is 26.2 Å². The molecule has 0 N–H and O–H groups in total. The van der Waals surface area contributed by atoms with Crippen LogP contribution in [0.1, 0.15) is 42.5 Å². The molecule has 0 aromatic heterocycles. The van der Waals surface area contributed by atoms with Crippen molar-refractivity contribution in [3.63, 3.8) is 0 Å². The van der Waals surface area contributed by atoms with Gasteiger partial charge in [0.2, 0.25) is 21.8 Å². The number of carbonyl (C=O) groups excluding carboxylic acids is 2. The lowest BCUT2D eigenvalue weighted by Gasteiger charge is -2.33. The summed E-state index contributed by atoms with van der Waals surface area (Å²) in [5.41, 5.74) is 2.95. The normalized spacial score (nSPS) is 19.2. The van der Waals surface area contributed by atoms with E-state index >= 15 is 0 Å². The second-order valence-corrected chi connectivity index (χ2v) is 10.5. The van der Waals surface area contributed by atoms with E-state index in [1.807, 2.05) is 37.3 Å². The SMILES string of the molecule is CC(=O)N1C=Cc2ccccc2C1CC(=O)N1CCCN(S(=O)(=O)c2ccc(C)cc2)CC1. The van der Waals surface area contributed by atoms with E-state index < -0.39 is 10.0 Å². The van der Waals surface area contributed by atoms with Gasteiger partial charge in [-0.1, -0.05) is 42.0 Å². The predicted octanol–water partition coefficient (Wildman–Crippen LogP) is 3.18. The van der Waals surface area contributed by atoms with Gasteiger partial charge in [-0.15, -0.1) is 0 Å². The summed E-state index contributed by atoms with van der Waals surface area (Å²) in [6.45, 7) is 4.85. The Balaban J connectivity index is 1.47. The van der Waals surface area contributed by atoms with Gasteiger partial charge in [0.15, 0.2) is 0 Å². The molecule has 2 aliphatic heterocycles. The molecule has 0 spiro atoms. The number of fused-ring (bicyclic) bond motifs is 1. The molecule has 7 nitrogen and oxygen atoms in total. The van der Waals surface area contributed by atoms with Crippen LogP contribution < -0.4 is 0 Å². The molecule has 1 unspecified atom stereocenters. The van der Waals surface area contributed by atoms with Gasteiger partial charge in [0.05, 0.1) is 17.4 Å². The fourth-order valence-electron chi connectivity index (χ4n) is 4.45. The Hall–Kier alpha value is -2.97. The Morgan fingerprint density at radius 2 is 1.70 bits per heavy atom. The lowest BCUT2D eigenvalue weighted by Crippen LogP contribution is -2.40. The molecule has 1 saturated heterocycles. The van der Waals surface area contributed by atoms with Gasteiger partial charge in [-0.2, -0.15) is 4.31 Å². The molecule has 4 rings (SSSR count). The largest absolute Gasteiger partial charge is 0.341 e. The molecule has 2 aromatic rings. The van der Waals surface area contributed by atoms with Crippen molar-refractivity contribution < 1.29 is 18.0 Å². The maximum absolute atomic E-state index is 13.3. The van der Waals surface area contributed by atoms with E-state index in [0.29, 0.717) is 26.1 Å². The van der Waals surface area contributed by atoms with Gasteiger partial charge in [0.25, 0.3) is 0 Å². The number of carbonyl (C=O) groups is 2. The van der Waals surface area contributed by atoms with Crippen LogP contribution in [-0.2, 0) is 19.6 Å². The minimum atomic E-state index is -3.61. The third-order valence-electron chi connectivity index (χ3n) is 6.30. The molecule has 1 atom stereocenters. The Morgan fingerprint density at radius 1 is 0.970 bits per heavy atom. The number of hydrogen-bond acceptors (Lipinski definition) is 4. The molecule has 2 aromatic carbocycles. The number of amides is 2. The molecular weight excluding hydrogens is 438 g/mol. The summed E-state index contributed by atoms with van der Waals surface area (Å²) in [5, 5.41) is 0. The second-order valence-electron chi connectivity index (χ2n) is 8.54. The first-order chi connectivity index (χ1) is 15.8. The van der Waals surface area contributed by atoms with Crippen molar-refractivity contribution in [3.05, 3.63) is 71.4 Å². The van der Waals surface area contributed by atoms with Gasteiger partial charge in [-0.3, -0.25) is 9.59 Å². The Kier molecular flexibility index (Phi) is 6.67. The fourth-order valence-corrected chi connectivity index (χ4v) is 5.92. The van der Waals surface area contributed by atoms with Gasteiger partial charge < -0.3 is 9.80 Å². The quantitative estimate of drug-likeness (QED) is 0.692. The Labute approximate surface area is 195 Å². The van der Waals surface area contributed by atoms with E-state index in [4.69, 9.17) is 0 Å². The zero-order valence-electron chi connectivity index (χ0n) is 19.0. The van der Waals surface area contributed by atoms with Gasteiger partial charge in [0, 0.05) is 39.3 Å². The third kappa shape index (κ3) is 4.86. The highest BCUT2D eigenvalue weighted by molar-refractivity contribution is 7.89. The van der Waals surface area contributed by atoms with Crippen LogP contribution in [0.3, 0.4) is 0 Å². The lowest BCUT2D eigenvalue weighted by molar-refractivity contribution is -0.134.